The van der Waals surface area contributed by atoms with E-state index >= 15 is 4.39 Å². The molecule has 2 amide bonds. The lowest BCUT2D eigenvalue weighted by atomic mass is 9.72. The number of amides is 2. The molecule has 3 N–H and O–H groups in total. The molecule has 5 rings (SSSR count). The zero-order valence-electron chi connectivity index (χ0n) is 26.3. The Balaban J connectivity index is 1.40. The molecule has 2 bridgehead atoms. The Morgan fingerprint density at radius 1 is 1.04 bits per heavy atom. The standard InChI is InChI=1S/C33H44F2N4O6S/c1-44-26-15-10-22(11-16-26)30(21-8-12-23(34)13-9-21)31(38-33(41)45-2)32(40)37-29-7-3-6-28(35)27(29)17-14-25-19-36-24-5-4-18-46(42,43)39(25)20-24/h3,6-9,12-13,22,24-26,30-31,36H,4-5,10-11,14-20H2,1-2H3,(H,37,40)(H,38,41). The van der Waals surface area contributed by atoms with Crippen molar-refractivity contribution < 1.29 is 36.3 Å². The second-order valence-corrected chi connectivity index (χ2v) is 14.6. The van der Waals surface area contributed by atoms with Crippen molar-refractivity contribution in [1.82, 2.24) is 14.9 Å². The second kappa shape index (κ2) is 15.2. The van der Waals surface area contributed by atoms with Crippen molar-refractivity contribution in [2.75, 3.05) is 38.4 Å². The number of nitrogens with one attached hydrogen (secondary N) is 3. The molecule has 2 aromatic rings. The summed E-state index contributed by atoms with van der Waals surface area (Å²) < 4.78 is 67.2. The molecule has 2 saturated heterocycles. The molecule has 1 saturated carbocycles. The van der Waals surface area contributed by atoms with Crippen molar-refractivity contribution >= 4 is 27.7 Å². The Labute approximate surface area is 269 Å². The lowest BCUT2D eigenvalue weighted by molar-refractivity contribution is -0.119. The van der Waals surface area contributed by atoms with Gasteiger partial charge in [-0.05, 0) is 87.1 Å². The van der Waals surface area contributed by atoms with Crippen LogP contribution in [0, 0.1) is 17.6 Å². The van der Waals surface area contributed by atoms with E-state index in [1.165, 1.54) is 31.4 Å². The number of anilines is 1. The van der Waals surface area contributed by atoms with Gasteiger partial charge in [0.25, 0.3) is 0 Å². The fourth-order valence-electron chi connectivity index (χ4n) is 7.31. The highest BCUT2D eigenvalue weighted by atomic mass is 32.2. The predicted octanol–water partition coefficient (Wildman–Crippen LogP) is 4.32. The first kappa shape index (κ1) is 34.2. The highest BCUT2D eigenvalue weighted by Crippen LogP contribution is 2.40. The van der Waals surface area contributed by atoms with Gasteiger partial charge in [-0.25, -0.2) is 22.0 Å². The van der Waals surface area contributed by atoms with Crippen LogP contribution in [0.3, 0.4) is 0 Å². The number of fused-ring (bicyclic) bond motifs is 2. The van der Waals surface area contributed by atoms with Crippen LogP contribution >= 0.6 is 0 Å². The molecule has 2 heterocycles. The quantitative estimate of drug-likeness (QED) is 0.346. The highest BCUT2D eigenvalue weighted by molar-refractivity contribution is 7.89. The number of nitrogens with zero attached hydrogens (tertiary/aromatic N) is 1. The van der Waals surface area contributed by atoms with Crippen molar-refractivity contribution in [3.63, 3.8) is 0 Å². The average Bonchev–Trinajstić information content (AvgIpc) is 3.16. The van der Waals surface area contributed by atoms with Gasteiger partial charge in [-0.1, -0.05) is 18.2 Å². The van der Waals surface area contributed by atoms with Crippen molar-refractivity contribution in [1.29, 1.82) is 0 Å². The molecule has 46 heavy (non-hydrogen) atoms. The van der Waals surface area contributed by atoms with E-state index in [2.05, 4.69) is 16.0 Å². The number of alkyl carbamates (subject to hydrolysis) is 1. The number of halogens is 2. The van der Waals surface area contributed by atoms with E-state index in [-0.39, 0.29) is 47.5 Å². The van der Waals surface area contributed by atoms with Crippen LogP contribution in [-0.4, -0.2) is 82.0 Å². The summed E-state index contributed by atoms with van der Waals surface area (Å²) in [5, 5.41) is 9.00. The van der Waals surface area contributed by atoms with Gasteiger partial charge in [0.15, 0.2) is 0 Å². The molecule has 13 heteroatoms. The predicted molar refractivity (Wildman–Crippen MR) is 170 cm³/mol. The molecule has 3 fully saturated rings. The number of carbonyl (C=O) groups is 2. The summed E-state index contributed by atoms with van der Waals surface area (Å²) >= 11 is 0. The van der Waals surface area contributed by atoms with Gasteiger partial charge < -0.3 is 25.4 Å². The average molecular weight is 663 g/mol. The summed E-state index contributed by atoms with van der Waals surface area (Å²) in [5.41, 5.74) is 1.17. The van der Waals surface area contributed by atoms with E-state index < -0.39 is 45.6 Å². The van der Waals surface area contributed by atoms with E-state index in [9.17, 15) is 22.4 Å². The third kappa shape index (κ3) is 8.04. The third-order valence-electron chi connectivity index (χ3n) is 9.78. The normalized spacial score (nSPS) is 27.1. The van der Waals surface area contributed by atoms with Crippen molar-refractivity contribution in [2.45, 2.75) is 81.5 Å². The lowest BCUT2D eigenvalue weighted by Gasteiger charge is -2.38. The minimum absolute atomic E-state index is 0.0463. The number of benzene rings is 2. The summed E-state index contributed by atoms with van der Waals surface area (Å²) in [7, 11) is -0.542. The minimum Gasteiger partial charge on any atom is -0.453 e. The smallest absolute Gasteiger partial charge is 0.407 e. The minimum atomic E-state index is -3.42. The Morgan fingerprint density at radius 2 is 1.78 bits per heavy atom. The lowest BCUT2D eigenvalue weighted by Crippen LogP contribution is -2.57. The molecule has 2 aliphatic heterocycles. The Hall–Kier alpha value is -3.13. The van der Waals surface area contributed by atoms with Crippen LogP contribution in [0.2, 0.25) is 0 Å². The maximum Gasteiger partial charge on any atom is 0.407 e. The van der Waals surface area contributed by atoms with Crippen molar-refractivity contribution in [2.24, 2.45) is 5.92 Å². The molecule has 0 radical (unpaired) electrons. The summed E-state index contributed by atoms with van der Waals surface area (Å²) in [6.07, 6.45) is 4.18. The molecular formula is C33H44F2N4O6S. The number of piperazine rings is 1. The van der Waals surface area contributed by atoms with Gasteiger partial charge >= 0.3 is 6.09 Å². The Morgan fingerprint density at radius 3 is 2.48 bits per heavy atom. The van der Waals surface area contributed by atoms with Crippen LogP contribution in [-0.2, 0) is 30.7 Å². The maximum atomic E-state index is 15.4. The molecule has 0 aromatic heterocycles. The number of ether oxygens (including phenoxy) is 2. The van der Waals surface area contributed by atoms with Gasteiger partial charge in [0, 0.05) is 49.5 Å². The van der Waals surface area contributed by atoms with Gasteiger partial charge in [0.05, 0.1) is 19.0 Å². The zero-order valence-corrected chi connectivity index (χ0v) is 27.2. The summed E-state index contributed by atoms with van der Waals surface area (Å²) in [6.45, 7) is 0.863. The van der Waals surface area contributed by atoms with Crippen LogP contribution in [0.1, 0.15) is 62.0 Å². The Kier molecular flexibility index (Phi) is 11.3. The number of methoxy groups -OCH3 is 2. The van der Waals surface area contributed by atoms with Crippen LogP contribution in [0.5, 0.6) is 0 Å². The summed E-state index contributed by atoms with van der Waals surface area (Å²) in [5.74, 6) is -2.01. The number of hydrogen-bond acceptors (Lipinski definition) is 7. The van der Waals surface area contributed by atoms with Crippen LogP contribution in [0.15, 0.2) is 42.5 Å². The number of hydrogen-bond donors (Lipinski definition) is 3. The first-order valence-electron chi connectivity index (χ1n) is 16.0. The van der Waals surface area contributed by atoms with E-state index in [0.717, 1.165) is 19.3 Å². The first-order valence-corrected chi connectivity index (χ1v) is 17.6. The summed E-state index contributed by atoms with van der Waals surface area (Å²) in [6, 6.07) is 8.93. The fraction of sp³-hybridized carbons (Fsp3) is 0.576. The SMILES string of the molecule is COC(=O)NC(C(=O)Nc1cccc(F)c1CCC1CNC2CCCS(=O)(=O)N1C2)C(c1ccc(F)cc1)C1CCC(OC)CC1. The zero-order chi connectivity index (χ0) is 32.8. The van der Waals surface area contributed by atoms with Crippen molar-refractivity contribution in [3.05, 3.63) is 65.2 Å². The fourth-order valence-corrected chi connectivity index (χ4v) is 9.11. The van der Waals surface area contributed by atoms with E-state index in [4.69, 9.17) is 9.47 Å². The maximum absolute atomic E-state index is 15.4. The number of rotatable bonds is 10. The van der Waals surface area contributed by atoms with Crippen molar-refractivity contribution in [3.8, 4) is 0 Å². The molecule has 1 aliphatic carbocycles. The molecular weight excluding hydrogens is 618 g/mol. The molecule has 2 aromatic carbocycles. The Bertz CT molecular complexity index is 1470. The first-order chi connectivity index (χ1) is 22.1. The van der Waals surface area contributed by atoms with Gasteiger partial charge in [-0.2, -0.15) is 4.31 Å². The molecule has 5 atom stereocenters. The second-order valence-electron chi connectivity index (χ2n) is 12.5. The number of carbonyl (C=O) groups excluding carboxylic acids is 2. The molecule has 252 valence electrons. The summed E-state index contributed by atoms with van der Waals surface area (Å²) in [4.78, 5) is 26.7. The largest absolute Gasteiger partial charge is 0.453 e. The molecule has 5 unspecified atom stereocenters. The highest BCUT2D eigenvalue weighted by Gasteiger charge is 2.40. The van der Waals surface area contributed by atoms with E-state index in [1.807, 2.05) is 0 Å². The van der Waals surface area contributed by atoms with Crippen LogP contribution in [0.25, 0.3) is 0 Å². The van der Waals surface area contributed by atoms with Gasteiger partial charge in [0.2, 0.25) is 15.9 Å². The topological polar surface area (TPSA) is 126 Å². The van der Waals surface area contributed by atoms with Gasteiger partial charge in [-0.3, -0.25) is 4.79 Å². The molecule has 10 nitrogen and oxygen atoms in total. The number of sulfonamides is 1. The van der Waals surface area contributed by atoms with Gasteiger partial charge in [0.1, 0.15) is 17.7 Å². The molecule has 3 aliphatic rings. The van der Waals surface area contributed by atoms with Crippen LogP contribution in [0.4, 0.5) is 19.3 Å². The molecule has 0 spiro atoms. The third-order valence-corrected chi connectivity index (χ3v) is 11.7. The van der Waals surface area contributed by atoms with Crippen LogP contribution < -0.4 is 16.0 Å². The van der Waals surface area contributed by atoms with Gasteiger partial charge in [-0.15, -0.1) is 0 Å². The van der Waals surface area contributed by atoms with E-state index in [0.29, 0.717) is 44.3 Å². The monoisotopic (exact) mass is 662 g/mol. The van der Waals surface area contributed by atoms with E-state index in [1.54, 1.807) is 29.6 Å².